The first-order chi connectivity index (χ1) is 8.67. The number of carbonyl (C=O) groups excluding carboxylic acids is 2. The summed E-state index contributed by atoms with van der Waals surface area (Å²) in [6, 6.07) is 5.55. The molecule has 96 valence electrons. The van der Waals surface area contributed by atoms with Gasteiger partial charge in [-0.1, -0.05) is 6.92 Å². The van der Waals surface area contributed by atoms with Crippen LogP contribution in [0.25, 0.3) is 0 Å². The number of hydrogen-bond donors (Lipinski definition) is 1. The Morgan fingerprint density at radius 2 is 2.11 bits per heavy atom. The second-order valence-corrected chi connectivity index (χ2v) is 4.35. The fourth-order valence-corrected chi connectivity index (χ4v) is 2.26. The lowest BCUT2D eigenvalue weighted by Crippen LogP contribution is -2.27. The third-order valence-electron chi connectivity index (χ3n) is 3.18. The fraction of sp³-hybridized carbons (Fsp3) is 0.429. The smallest absolute Gasteiger partial charge is 0.251 e. The average Bonchev–Trinajstić information content (AvgIpc) is 2.81. The molecule has 1 aliphatic heterocycles. The molecule has 0 fully saturated rings. The lowest BCUT2D eigenvalue weighted by atomic mass is 10.1. The molecule has 0 unspecified atom stereocenters. The van der Waals surface area contributed by atoms with Gasteiger partial charge >= 0.3 is 0 Å². The quantitative estimate of drug-likeness (QED) is 0.883. The number of amides is 2. The van der Waals surface area contributed by atoms with Gasteiger partial charge in [-0.2, -0.15) is 0 Å². The van der Waals surface area contributed by atoms with Crippen molar-refractivity contribution < 1.29 is 9.59 Å². The van der Waals surface area contributed by atoms with E-state index in [-0.39, 0.29) is 11.8 Å². The molecule has 0 atom stereocenters. The number of fused-ring (bicyclic) bond motifs is 1. The number of nitrogens with one attached hydrogen (secondary N) is 1. The molecule has 0 spiro atoms. The van der Waals surface area contributed by atoms with Crippen LogP contribution in [0.5, 0.6) is 0 Å². The van der Waals surface area contributed by atoms with E-state index in [1.54, 1.807) is 11.0 Å². The standard InChI is InChI=1S/C14H18N2O2/c1-3-13(17)16-8-7-10-9-11(5-6-12(10)16)14(18)15-4-2/h5-6,9H,3-4,7-8H2,1-2H3,(H,15,18). The molecule has 2 rings (SSSR count). The van der Waals surface area contributed by atoms with E-state index >= 15 is 0 Å². The van der Waals surface area contributed by atoms with E-state index in [1.165, 1.54) is 0 Å². The molecule has 1 aromatic carbocycles. The maximum Gasteiger partial charge on any atom is 0.251 e. The molecule has 0 saturated carbocycles. The highest BCUT2D eigenvalue weighted by atomic mass is 16.2. The third kappa shape index (κ3) is 2.23. The van der Waals surface area contributed by atoms with E-state index in [1.807, 2.05) is 26.0 Å². The molecular formula is C14H18N2O2. The Balaban J connectivity index is 2.25. The summed E-state index contributed by atoms with van der Waals surface area (Å²) in [7, 11) is 0. The predicted octanol–water partition coefficient (Wildman–Crippen LogP) is 1.74. The Morgan fingerprint density at radius 3 is 2.78 bits per heavy atom. The van der Waals surface area contributed by atoms with Crippen molar-refractivity contribution in [3.05, 3.63) is 29.3 Å². The van der Waals surface area contributed by atoms with Gasteiger partial charge in [-0.25, -0.2) is 0 Å². The van der Waals surface area contributed by atoms with Crippen LogP contribution >= 0.6 is 0 Å². The largest absolute Gasteiger partial charge is 0.352 e. The Kier molecular flexibility index (Phi) is 3.65. The van der Waals surface area contributed by atoms with Crippen molar-refractivity contribution in [3.63, 3.8) is 0 Å². The molecule has 0 aliphatic carbocycles. The van der Waals surface area contributed by atoms with Crippen LogP contribution in [0.15, 0.2) is 18.2 Å². The summed E-state index contributed by atoms with van der Waals surface area (Å²) < 4.78 is 0. The van der Waals surface area contributed by atoms with Crippen LogP contribution in [-0.2, 0) is 11.2 Å². The van der Waals surface area contributed by atoms with Gasteiger partial charge in [0.15, 0.2) is 0 Å². The van der Waals surface area contributed by atoms with Gasteiger partial charge in [0.1, 0.15) is 0 Å². The fourth-order valence-electron chi connectivity index (χ4n) is 2.26. The monoisotopic (exact) mass is 246 g/mol. The molecule has 1 aromatic rings. The van der Waals surface area contributed by atoms with Crippen molar-refractivity contribution in [3.8, 4) is 0 Å². The van der Waals surface area contributed by atoms with E-state index in [2.05, 4.69) is 5.32 Å². The van der Waals surface area contributed by atoms with Gasteiger partial charge in [0.05, 0.1) is 0 Å². The zero-order chi connectivity index (χ0) is 13.1. The number of anilines is 1. The number of benzene rings is 1. The van der Waals surface area contributed by atoms with Crippen molar-refractivity contribution in [1.29, 1.82) is 0 Å². The molecule has 0 bridgehead atoms. The summed E-state index contributed by atoms with van der Waals surface area (Å²) in [4.78, 5) is 25.3. The molecule has 2 amide bonds. The number of carbonyl (C=O) groups is 2. The molecule has 0 aromatic heterocycles. The van der Waals surface area contributed by atoms with Gasteiger partial charge < -0.3 is 10.2 Å². The highest BCUT2D eigenvalue weighted by Crippen LogP contribution is 2.29. The van der Waals surface area contributed by atoms with Gasteiger partial charge in [0, 0.05) is 30.8 Å². The SMILES string of the molecule is CCNC(=O)c1ccc2c(c1)CCN2C(=O)CC. The molecule has 18 heavy (non-hydrogen) atoms. The first kappa shape index (κ1) is 12.6. The van der Waals surface area contributed by atoms with Gasteiger partial charge in [-0.05, 0) is 37.1 Å². The summed E-state index contributed by atoms with van der Waals surface area (Å²) in [6.07, 6.45) is 1.34. The minimum atomic E-state index is -0.0550. The second-order valence-electron chi connectivity index (χ2n) is 4.35. The average molecular weight is 246 g/mol. The van der Waals surface area contributed by atoms with E-state index < -0.39 is 0 Å². The summed E-state index contributed by atoms with van der Waals surface area (Å²) in [5.41, 5.74) is 2.71. The van der Waals surface area contributed by atoms with E-state index in [0.29, 0.717) is 18.5 Å². The van der Waals surface area contributed by atoms with Crippen LogP contribution in [0.2, 0.25) is 0 Å². The first-order valence-corrected chi connectivity index (χ1v) is 6.38. The lowest BCUT2D eigenvalue weighted by Gasteiger charge is -2.16. The number of hydrogen-bond acceptors (Lipinski definition) is 2. The molecule has 0 radical (unpaired) electrons. The van der Waals surface area contributed by atoms with Crippen molar-refractivity contribution >= 4 is 17.5 Å². The zero-order valence-corrected chi connectivity index (χ0v) is 10.8. The Bertz CT molecular complexity index is 483. The molecule has 4 nitrogen and oxygen atoms in total. The summed E-state index contributed by atoms with van der Waals surface area (Å²) >= 11 is 0. The number of nitrogens with zero attached hydrogens (tertiary/aromatic N) is 1. The van der Waals surface area contributed by atoms with Crippen molar-refractivity contribution in [2.75, 3.05) is 18.0 Å². The van der Waals surface area contributed by atoms with Crippen molar-refractivity contribution in [1.82, 2.24) is 5.32 Å². The Labute approximate surface area is 107 Å². The Hall–Kier alpha value is -1.84. The zero-order valence-electron chi connectivity index (χ0n) is 10.8. The predicted molar refractivity (Wildman–Crippen MR) is 70.8 cm³/mol. The van der Waals surface area contributed by atoms with Gasteiger partial charge in [0.2, 0.25) is 5.91 Å². The van der Waals surface area contributed by atoms with Crippen LogP contribution in [0, 0.1) is 0 Å². The summed E-state index contributed by atoms with van der Waals surface area (Å²) in [5, 5.41) is 2.78. The normalized spacial score (nSPS) is 13.3. The number of rotatable bonds is 3. The van der Waals surface area contributed by atoms with Crippen LogP contribution < -0.4 is 10.2 Å². The second kappa shape index (κ2) is 5.21. The van der Waals surface area contributed by atoms with Crippen molar-refractivity contribution in [2.24, 2.45) is 0 Å². The van der Waals surface area contributed by atoms with Crippen LogP contribution in [0.3, 0.4) is 0 Å². The molecule has 0 saturated heterocycles. The first-order valence-electron chi connectivity index (χ1n) is 6.38. The minimum absolute atomic E-state index is 0.0550. The van der Waals surface area contributed by atoms with E-state index in [0.717, 1.165) is 24.2 Å². The molecule has 1 heterocycles. The van der Waals surface area contributed by atoms with Gasteiger partial charge in [0.25, 0.3) is 5.91 Å². The molecule has 1 N–H and O–H groups in total. The minimum Gasteiger partial charge on any atom is -0.352 e. The van der Waals surface area contributed by atoms with Crippen molar-refractivity contribution in [2.45, 2.75) is 26.7 Å². The molecule has 4 heteroatoms. The highest BCUT2D eigenvalue weighted by Gasteiger charge is 2.24. The topological polar surface area (TPSA) is 49.4 Å². The summed E-state index contributed by atoms with van der Waals surface area (Å²) in [6.45, 7) is 5.10. The van der Waals surface area contributed by atoms with E-state index in [4.69, 9.17) is 0 Å². The van der Waals surface area contributed by atoms with Crippen LogP contribution in [0.1, 0.15) is 36.2 Å². The maximum atomic E-state index is 11.7. The molecular weight excluding hydrogens is 228 g/mol. The van der Waals surface area contributed by atoms with Crippen LogP contribution in [-0.4, -0.2) is 24.9 Å². The molecule has 1 aliphatic rings. The van der Waals surface area contributed by atoms with Gasteiger partial charge in [-0.15, -0.1) is 0 Å². The van der Waals surface area contributed by atoms with Crippen LogP contribution in [0.4, 0.5) is 5.69 Å². The summed E-state index contributed by atoms with van der Waals surface area (Å²) in [5.74, 6) is 0.0834. The lowest BCUT2D eigenvalue weighted by molar-refractivity contribution is -0.118. The highest BCUT2D eigenvalue weighted by molar-refractivity contribution is 5.98. The van der Waals surface area contributed by atoms with E-state index in [9.17, 15) is 9.59 Å². The maximum absolute atomic E-state index is 11.7. The van der Waals surface area contributed by atoms with Gasteiger partial charge in [-0.3, -0.25) is 9.59 Å². The third-order valence-corrected chi connectivity index (χ3v) is 3.18. The Morgan fingerprint density at radius 1 is 1.33 bits per heavy atom.